The number of hydrogen-bond donors (Lipinski definition) is 1. The number of hydrogen-bond acceptors (Lipinski definition) is 2. The van der Waals surface area contributed by atoms with Gasteiger partial charge in [0.1, 0.15) is 0 Å². The van der Waals surface area contributed by atoms with Crippen molar-refractivity contribution in [3.63, 3.8) is 0 Å². The van der Waals surface area contributed by atoms with Crippen molar-refractivity contribution in [1.29, 1.82) is 0 Å². The first-order chi connectivity index (χ1) is 7.86. The molecule has 0 saturated carbocycles. The third-order valence-electron chi connectivity index (χ3n) is 2.78. The summed E-state index contributed by atoms with van der Waals surface area (Å²) in [5, 5.41) is 0. The van der Waals surface area contributed by atoms with E-state index < -0.39 is 0 Å². The van der Waals surface area contributed by atoms with Crippen LogP contribution in [-0.2, 0) is 4.79 Å². The van der Waals surface area contributed by atoms with E-state index in [0.29, 0.717) is 30.7 Å². The van der Waals surface area contributed by atoms with E-state index in [1.54, 1.807) is 0 Å². The minimum absolute atomic E-state index is 0.285. The molecule has 0 aromatic rings. The summed E-state index contributed by atoms with van der Waals surface area (Å²) in [7, 11) is 0. The molecule has 17 heavy (non-hydrogen) atoms. The second kappa shape index (κ2) is 8.51. The quantitative estimate of drug-likeness (QED) is 0.711. The number of nitrogens with two attached hydrogens (primary N) is 1. The van der Waals surface area contributed by atoms with Crippen LogP contribution in [-0.4, -0.2) is 30.4 Å². The highest BCUT2D eigenvalue weighted by molar-refractivity contribution is 5.76. The van der Waals surface area contributed by atoms with Gasteiger partial charge >= 0.3 is 0 Å². The number of amides is 1. The van der Waals surface area contributed by atoms with Crippen molar-refractivity contribution in [3.8, 4) is 0 Å². The fourth-order valence-corrected chi connectivity index (χ4v) is 1.81. The molecule has 1 amide bonds. The highest BCUT2D eigenvalue weighted by Crippen LogP contribution is 2.10. The monoisotopic (exact) mass is 242 g/mol. The first kappa shape index (κ1) is 16.4. The zero-order valence-corrected chi connectivity index (χ0v) is 12.2. The van der Waals surface area contributed by atoms with Crippen LogP contribution in [0.4, 0.5) is 0 Å². The lowest BCUT2D eigenvalue weighted by Gasteiger charge is -2.27. The smallest absolute Gasteiger partial charge is 0.222 e. The van der Waals surface area contributed by atoms with E-state index in [0.717, 1.165) is 19.5 Å². The van der Waals surface area contributed by atoms with Gasteiger partial charge in [-0.05, 0) is 30.7 Å². The summed E-state index contributed by atoms with van der Waals surface area (Å²) in [5.41, 5.74) is 5.57. The first-order valence-electron chi connectivity index (χ1n) is 6.84. The van der Waals surface area contributed by atoms with Crippen molar-refractivity contribution in [2.24, 2.45) is 23.5 Å². The predicted octanol–water partition coefficient (Wildman–Crippen LogP) is 2.50. The second-order valence-electron chi connectivity index (χ2n) is 5.97. The van der Waals surface area contributed by atoms with Gasteiger partial charge in [0.2, 0.25) is 5.91 Å². The molecular weight excluding hydrogens is 212 g/mol. The van der Waals surface area contributed by atoms with Crippen molar-refractivity contribution in [3.05, 3.63) is 0 Å². The Morgan fingerprint density at radius 1 is 1.06 bits per heavy atom. The summed E-state index contributed by atoms with van der Waals surface area (Å²) in [6, 6.07) is 0. The van der Waals surface area contributed by atoms with Crippen LogP contribution in [0.3, 0.4) is 0 Å². The maximum absolute atomic E-state index is 12.1. The normalized spacial score (nSPS) is 13.2. The fraction of sp³-hybridized carbons (Fsp3) is 0.929. The van der Waals surface area contributed by atoms with E-state index >= 15 is 0 Å². The van der Waals surface area contributed by atoms with Crippen molar-refractivity contribution < 1.29 is 4.79 Å². The summed E-state index contributed by atoms with van der Waals surface area (Å²) < 4.78 is 0. The Kier molecular flexibility index (Phi) is 8.23. The van der Waals surface area contributed by atoms with Gasteiger partial charge in [0, 0.05) is 19.5 Å². The zero-order chi connectivity index (χ0) is 13.4. The lowest BCUT2D eigenvalue weighted by atomic mass is 10.0. The Morgan fingerprint density at radius 2 is 1.53 bits per heavy atom. The number of nitrogens with zero attached hydrogens (tertiary/aromatic N) is 1. The van der Waals surface area contributed by atoms with Crippen molar-refractivity contribution >= 4 is 5.91 Å². The van der Waals surface area contributed by atoms with Gasteiger partial charge < -0.3 is 10.6 Å². The summed E-state index contributed by atoms with van der Waals surface area (Å²) in [4.78, 5) is 14.1. The van der Waals surface area contributed by atoms with Crippen molar-refractivity contribution in [1.82, 2.24) is 4.90 Å². The lowest BCUT2D eigenvalue weighted by Crippen LogP contribution is -2.37. The molecular formula is C14H30N2O. The maximum Gasteiger partial charge on any atom is 0.222 e. The van der Waals surface area contributed by atoms with Crippen LogP contribution in [0.15, 0.2) is 0 Å². The molecule has 0 aliphatic rings. The van der Waals surface area contributed by atoms with E-state index in [9.17, 15) is 4.79 Å². The molecule has 0 fully saturated rings. The molecule has 2 N–H and O–H groups in total. The lowest BCUT2D eigenvalue weighted by molar-refractivity contribution is -0.132. The molecule has 0 aliphatic heterocycles. The molecule has 0 heterocycles. The molecule has 3 heteroatoms. The topological polar surface area (TPSA) is 46.3 Å². The van der Waals surface area contributed by atoms with E-state index in [4.69, 9.17) is 5.73 Å². The molecule has 102 valence electrons. The highest BCUT2D eigenvalue weighted by Gasteiger charge is 2.16. The number of rotatable bonds is 8. The van der Waals surface area contributed by atoms with Crippen LogP contribution in [0.25, 0.3) is 0 Å². The van der Waals surface area contributed by atoms with E-state index in [1.165, 1.54) is 0 Å². The first-order valence-corrected chi connectivity index (χ1v) is 6.84. The molecule has 0 aromatic heterocycles. The van der Waals surface area contributed by atoms with Gasteiger partial charge in [0.25, 0.3) is 0 Å². The Labute approximate surface area is 107 Å². The minimum atomic E-state index is 0.285. The van der Waals surface area contributed by atoms with E-state index in [-0.39, 0.29) is 5.91 Å². The van der Waals surface area contributed by atoms with Crippen molar-refractivity contribution in [2.75, 3.05) is 19.6 Å². The molecule has 0 spiro atoms. The zero-order valence-electron chi connectivity index (χ0n) is 12.2. The number of carbonyl (C=O) groups excluding carboxylic acids is 1. The van der Waals surface area contributed by atoms with Crippen LogP contribution in [0.1, 0.15) is 47.5 Å². The summed E-state index contributed by atoms with van der Waals surface area (Å²) in [6.45, 7) is 13.1. The van der Waals surface area contributed by atoms with E-state index in [2.05, 4.69) is 34.6 Å². The molecule has 0 rings (SSSR count). The molecule has 0 radical (unpaired) electrons. The van der Waals surface area contributed by atoms with Gasteiger partial charge in [-0.25, -0.2) is 0 Å². The van der Waals surface area contributed by atoms with Gasteiger partial charge in [-0.15, -0.1) is 0 Å². The molecule has 0 bridgehead atoms. The largest absolute Gasteiger partial charge is 0.342 e. The summed E-state index contributed by atoms with van der Waals surface area (Å²) >= 11 is 0. The van der Waals surface area contributed by atoms with Crippen LogP contribution in [0.5, 0.6) is 0 Å². The fourth-order valence-electron chi connectivity index (χ4n) is 1.81. The average molecular weight is 242 g/mol. The van der Waals surface area contributed by atoms with Gasteiger partial charge in [-0.1, -0.05) is 34.6 Å². The van der Waals surface area contributed by atoms with Crippen LogP contribution in [0, 0.1) is 17.8 Å². The van der Waals surface area contributed by atoms with Crippen LogP contribution in [0.2, 0.25) is 0 Å². The molecule has 3 nitrogen and oxygen atoms in total. The SMILES string of the molecule is CC(C)CN(CC(C)C)C(=O)CCC(C)CN. The van der Waals surface area contributed by atoms with E-state index in [1.807, 2.05) is 4.90 Å². The average Bonchev–Trinajstić information content (AvgIpc) is 2.23. The Morgan fingerprint density at radius 3 is 1.88 bits per heavy atom. The summed E-state index contributed by atoms with van der Waals surface area (Å²) in [6.07, 6.45) is 1.54. The summed E-state index contributed by atoms with van der Waals surface area (Å²) in [5.74, 6) is 1.79. The van der Waals surface area contributed by atoms with Gasteiger partial charge in [0.15, 0.2) is 0 Å². The van der Waals surface area contributed by atoms with Crippen LogP contribution >= 0.6 is 0 Å². The van der Waals surface area contributed by atoms with Crippen LogP contribution < -0.4 is 5.73 Å². The molecule has 0 aromatic carbocycles. The second-order valence-corrected chi connectivity index (χ2v) is 5.97. The molecule has 0 saturated heterocycles. The predicted molar refractivity (Wildman–Crippen MR) is 73.7 cm³/mol. The molecule has 1 unspecified atom stereocenters. The van der Waals surface area contributed by atoms with Gasteiger partial charge in [0.05, 0.1) is 0 Å². The Hall–Kier alpha value is -0.570. The standard InChI is InChI=1S/C14H30N2O/c1-11(2)9-16(10-12(3)4)14(17)7-6-13(5)8-15/h11-13H,6-10,15H2,1-5H3. The third-order valence-corrected chi connectivity index (χ3v) is 2.78. The van der Waals surface area contributed by atoms with Gasteiger partial charge in [-0.2, -0.15) is 0 Å². The molecule has 1 atom stereocenters. The van der Waals surface area contributed by atoms with Crippen molar-refractivity contribution in [2.45, 2.75) is 47.5 Å². The maximum atomic E-state index is 12.1. The molecule has 0 aliphatic carbocycles. The number of carbonyl (C=O) groups is 1. The Bertz CT molecular complexity index is 204. The highest BCUT2D eigenvalue weighted by atomic mass is 16.2. The minimum Gasteiger partial charge on any atom is -0.342 e. The van der Waals surface area contributed by atoms with Gasteiger partial charge in [-0.3, -0.25) is 4.79 Å². The third kappa shape index (κ3) is 8.19. The Balaban J connectivity index is 4.21.